The Hall–Kier alpha value is -1.36. The van der Waals surface area contributed by atoms with Crippen LogP contribution in [0.5, 0.6) is 0 Å². The maximum absolute atomic E-state index is 11.2. The zero-order chi connectivity index (χ0) is 10.3. The van der Waals surface area contributed by atoms with Gasteiger partial charge in [0.2, 0.25) is 6.10 Å². The van der Waals surface area contributed by atoms with E-state index in [2.05, 4.69) is 20.7 Å². The van der Waals surface area contributed by atoms with Crippen molar-refractivity contribution >= 4 is 27.9 Å². The van der Waals surface area contributed by atoms with Crippen LogP contribution >= 0.6 is 15.9 Å². The molecule has 1 N–H and O–H groups in total. The van der Waals surface area contributed by atoms with Gasteiger partial charge in [-0.2, -0.15) is 0 Å². The van der Waals surface area contributed by atoms with E-state index >= 15 is 0 Å². The van der Waals surface area contributed by atoms with Crippen LogP contribution in [-0.4, -0.2) is 17.0 Å². The normalized spacial score (nSPS) is 18.9. The molecule has 14 heavy (non-hydrogen) atoms. The molecule has 5 heteroatoms. The van der Waals surface area contributed by atoms with Crippen LogP contribution in [0.2, 0.25) is 0 Å². The highest BCUT2D eigenvalue weighted by Gasteiger charge is 2.35. The number of carboxylic acids is 1. The zero-order valence-electron chi connectivity index (χ0n) is 6.86. The number of benzene rings is 1. The number of esters is 1. The highest BCUT2D eigenvalue weighted by atomic mass is 79.9. The quantitative estimate of drug-likeness (QED) is 0.778. The molecule has 0 saturated heterocycles. The minimum atomic E-state index is -1.16. The summed E-state index contributed by atoms with van der Waals surface area (Å²) in [6.45, 7) is 0. The molecule has 1 aromatic rings. The summed E-state index contributed by atoms with van der Waals surface area (Å²) in [5, 5.41) is 8.76. The SMILES string of the molecule is O=C1OC(C(=O)O)c2ccc(Br)cc21. The summed E-state index contributed by atoms with van der Waals surface area (Å²) in [7, 11) is 0. The average Bonchev–Trinajstić information content (AvgIpc) is 2.44. The first-order valence-corrected chi connectivity index (χ1v) is 4.62. The second-order valence-electron chi connectivity index (χ2n) is 2.86. The molecule has 0 aromatic heterocycles. The molecule has 0 aliphatic carbocycles. The number of carbonyl (C=O) groups is 2. The third-order valence-electron chi connectivity index (χ3n) is 1.97. The zero-order valence-corrected chi connectivity index (χ0v) is 8.45. The van der Waals surface area contributed by atoms with Gasteiger partial charge >= 0.3 is 11.9 Å². The third-order valence-corrected chi connectivity index (χ3v) is 2.46. The summed E-state index contributed by atoms with van der Waals surface area (Å²) < 4.78 is 5.41. The van der Waals surface area contributed by atoms with Gasteiger partial charge in [0.25, 0.3) is 0 Å². The van der Waals surface area contributed by atoms with Gasteiger partial charge in [-0.1, -0.05) is 22.0 Å². The van der Waals surface area contributed by atoms with E-state index < -0.39 is 18.0 Å². The van der Waals surface area contributed by atoms with Gasteiger partial charge in [-0.25, -0.2) is 9.59 Å². The number of cyclic esters (lactones) is 1. The second kappa shape index (κ2) is 3.09. The molecule has 1 heterocycles. The number of ether oxygens (including phenoxy) is 1. The van der Waals surface area contributed by atoms with Crippen LogP contribution in [0, 0.1) is 0 Å². The Kier molecular flexibility index (Phi) is 2.03. The molecule has 1 aromatic carbocycles. The van der Waals surface area contributed by atoms with Crippen molar-refractivity contribution in [1.29, 1.82) is 0 Å². The number of carbonyl (C=O) groups excluding carboxylic acids is 1. The number of fused-ring (bicyclic) bond motifs is 1. The largest absolute Gasteiger partial charge is 0.478 e. The first kappa shape index (κ1) is 9.21. The molecule has 0 bridgehead atoms. The summed E-state index contributed by atoms with van der Waals surface area (Å²) >= 11 is 3.19. The smallest absolute Gasteiger partial charge is 0.349 e. The molecular weight excluding hydrogens is 252 g/mol. The van der Waals surface area contributed by atoms with E-state index in [4.69, 9.17) is 5.11 Å². The summed E-state index contributed by atoms with van der Waals surface area (Å²) in [5.41, 5.74) is 0.720. The van der Waals surface area contributed by atoms with Crippen molar-refractivity contribution in [3.63, 3.8) is 0 Å². The highest BCUT2D eigenvalue weighted by molar-refractivity contribution is 9.10. The first-order valence-electron chi connectivity index (χ1n) is 3.83. The predicted molar refractivity (Wildman–Crippen MR) is 49.9 cm³/mol. The lowest BCUT2D eigenvalue weighted by Gasteiger charge is -2.03. The van der Waals surface area contributed by atoms with E-state index in [1.54, 1.807) is 18.2 Å². The van der Waals surface area contributed by atoms with Gasteiger partial charge in [0, 0.05) is 10.0 Å². The number of rotatable bonds is 1. The summed E-state index contributed by atoms with van der Waals surface area (Å²) in [5.74, 6) is -1.74. The maximum atomic E-state index is 11.2. The van der Waals surface area contributed by atoms with E-state index in [0.717, 1.165) is 4.47 Å². The van der Waals surface area contributed by atoms with Gasteiger partial charge in [-0.05, 0) is 12.1 Å². The fourth-order valence-electron chi connectivity index (χ4n) is 1.35. The average molecular weight is 257 g/mol. The van der Waals surface area contributed by atoms with E-state index in [0.29, 0.717) is 11.1 Å². The van der Waals surface area contributed by atoms with Crippen molar-refractivity contribution in [2.45, 2.75) is 6.10 Å². The maximum Gasteiger partial charge on any atom is 0.349 e. The van der Waals surface area contributed by atoms with Gasteiger partial charge in [-0.3, -0.25) is 0 Å². The lowest BCUT2D eigenvalue weighted by molar-refractivity contribution is -0.146. The highest BCUT2D eigenvalue weighted by Crippen LogP contribution is 2.32. The molecule has 0 amide bonds. The molecule has 0 radical (unpaired) electrons. The van der Waals surface area contributed by atoms with Crippen LogP contribution in [-0.2, 0) is 9.53 Å². The first-order chi connectivity index (χ1) is 6.59. The minimum Gasteiger partial charge on any atom is -0.478 e. The molecule has 2 rings (SSSR count). The monoisotopic (exact) mass is 256 g/mol. The van der Waals surface area contributed by atoms with Gasteiger partial charge in [0.05, 0.1) is 5.56 Å². The Balaban J connectivity index is 2.55. The predicted octanol–water partition coefficient (Wildman–Crippen LogP) is 1.75. The fraction of sp³-hybridized carbons (Fsp3) is 0.111. The number of hydrogen-bond donors (Lipinski definition) is 1. The lowest BCUT2D eigenvalue weighted by atomic mass is 10.1. The Labute approximate surface area is 87.6 Å². The van der Waals surface area contributed by atoms with Crippen molar-refractivity contribution in [3.05, 3.63) is 33.8 Å². The fourth-order valence-corrected chi connectivity index (χ4v) is 1.71. The van der Waals surface area contributed by atoms with Crippen molar-refractivity contribution in [1.82, 2.24) is 0 Å². The molecule has 1 atom stereocenters. The van der Waals surface area contributed by atoms with Crippen LogP contribution in [0.1, 0.15) is 22.0 Å². The Morgan fingerprint density at radius 2 is 2.21 bits per heavy atom. The van der Waals surface area contributed by atoms with Gasteiger partial charge in [-0.15, -0.1) is 0 Å². The number of halogens is 1. The van der Waals surface area contributed by atoms with Crippen LogP contribution in [0.4, 0.5) is 0 Å². The summed E-state index contributed by atoms with van der Waals surface area (Å²) in [4.78, 5) is 21.9. The molecule has 0 saturated carbocycles. The second-order valence-corrected chi connectivity index (χ2v) is 3.77. The molecule has 1 aliphatic rings. The number of carboxylic acid groups (broad SMARTS) is 1. The molecule has 72 valence electrons. The van der Waals surface area contributed by atoms with Crippen LogP contribution in [0.15, 0.2) is 22.7 Å². The summed E-state index contributed by atoms with van der Waals surface area (Å²) in [6, 6.07) is 4.81. The van der Waals surface area contributed by atoms with Crippen LogP contribution in [0.3, 0.4) is 0 Å². The minimum absolute atomic E-state index is 0.312. The van der Waals surface area contributed by atoms with E-state index in [1.807, 2.05) is 0 Å². The number of hydrogen-bond acceptors (Lipinski definition) is 3. The van der Waals surface area contributed by atoms with E-state index in [1.165, 1.54) is 0 Å². The Morgan fingerprint density at radius 3 is 2.86 bits per heavy atom. The molecule has 1 unspecified atom stereocenters. The molecular formula is C9H5BrO4. The third kappa shape index (κ3) is 1.29. The van der Waals surface area contributed by atoms with Crippen molar-refractivity contribution in [2.24, 2.45) is 0 Å². The van der Waals surface area contributed by atoms with Crippen molar-refractivity contribution in [2.75, 3.05) is 0 Å². The van der Waals surface area contributed by atoms with Gasteiger partial charge in [0.1, 0.15) is 0 Å². The molecule has 0 spiro atoms. The Bertz CT molecular complexity index is 427. The molecule has 1 aliphatic heterocycles. The molecule has 4 nitrogen and oxygen atoms in total. The van der Waals surface area contributed by atoms with Crippen LogP contribution < -0.4 is 0 Å². The van der Waals surface area contributed by atoms with Crippen molar-refractivity contribution < 1.29 is 19.4 Å². The van der Waals surface area contributed by atoms with Crippen LogP contribution in [0.25, 0.3) is 0 Å². The Morgan fingerprint density at radius 1 is 1.50 bits per heavy atom. The van der Waals surface area contributed by atoms with Crippen molar-refractivity contribution in [3.8, 4) is 0 Å². The summed E-state index contributed by atoms with van der Waals surface area (Å²) in [6.07, 6.45) is -1.16. The standard InChI is InChI=1S/C9H5BrO4/c10-4-1-2-5-6(3-4)9(13)14-7(5)8(11)12/h1-3,7H,(H,11,12). The lowest BCUT2D eigenvalue weighted by Crippen LogP contribution is -2.10. The topological polar surface area (TPSA) is 63.6 Å². The van der Waals surface area contributed by atoms with E-state index in [9.17, 15) is 9.59 Å². The van der Waals surface area contributed by atoms with Gasteiger partial charge < -0.3 is 9.84 Å². The number of aliphatic carboxylic acids is 1. The van der Waals surface area contributed by atoms with E-state index in [-0.39, 0.29) is 0 Å². The molecule has 0 fully saturated rings. The van der Waals surface area contributed by atoms with Gasteiger partial charge in [0.15, 0.2) is 0 Å².